The standard InChI is InChI=1S/C11H14BrN/c1-8-6-11(8,13)7-9-4-2-3-5-10(9)12/h2-5,8H,6-7,13H2,1H3. The Labute approximate surface area is 87.5 Å². The SMILES string of the molecule is CC1CC1(N)Cc1ccccc1Br. The maximum atomic E-state index is 6.17. The highest BCUT2D eigenvalue weighted by molar-refractivity contribution is 9.10. The van der Waals surface area contributed by atoms with E-state index in [1.165, 1.54) is 10.0 Å². The monoisotopic (exact) mass is 239 g/mol. The minimum absolute atomic E-state index is 0.0733. The van der Waals surface area contributed by atoms with E-state index in [1.54, 1.807) is 0 Å². The molecule has 1 saturated carbocycles. The third-order valence-corrected chi connectivity index (χ3v) is 3.76. The Morgan fingerprint density at radius 1 is 1.54 bits per heavy atom. The Kier molecular flexibility index (Phi) is 2.20. The van der Waals surface area contributed by atoms with Crippen molar-refractivity contribution in [2.45, 2.75) is 25.3 Å². The number of rotatable bonds is 2. The van der Waals surface area contributed by atoms with Gasteiger partial charge in [-0.1, -0.05) is 41.1 Å². The van der Waals surface area contributed by atoms with Crippen LogP contribution in [-0.4, -0.2) is 5.54 Å². The van der Waals surface area contributed by atoms with Crippen molar-refractivity contribution in [3.8, 4) is 0 Å². The van der Waals surface area contributed by atoms with Crippen LogP contribution in [0.5, 0.6) is 0 Å². The van der Waals surface area contributed by atoms with Gasteiger partial charge in [-0.2, -0.15) is 0 Å². The summed E-state index contributed by atoms with van der Waals surface area (Å²) in [5.41, 5.74) is 7.57. The molecule has 0 amide bonds. The van der Waals surface area contributed by atoms with Crippen LogP contribution in [0.15, 0.2) is 28.7 Å². The zero-order chi connectivity index (χ0) is 9.47. The van der Waals surface area contributed by atoms with Gasteiger partial charge in [-0.05, 0) is 30.4 Å². The molecule has 2 N–H and O–H groups in total. The summed E-state index contributed by atoms with van der Waals surface area (Å²) in [5.74, 6) is 0.680. The zero-order valence-corrected chi connectivity index (χ0v) is 9.34. The second kappa shape index (κ2) is 3.10. The van der Waals surface area contributed by atoms with Crippen molar-refractivity contribution in [2.75, 3.05) is 0 Å². The second-order valence-corrected chi connectivity index (χ2v) is 4.96. The molecule has 1 aliphatic carbocycles. The van der Waals surface area contributed by atoms with Crippen LogP contribution in [0, 0.1) is 5.92 Å². The van der Waals surface area contributed by atoms with Crippen molar-refractivity contribution in [3.05, 3.63) is 34.3 Å². The van der Waals surface area contributed by atoms with Crippen LogP contribution in [0.25, 0.3) is 0 Å². The Morgan fingerprint density at radius 3 is 2.69 bits per heavy atom. The van der Waals surface area contributed by atoms with E-state index in [0.717, 1.165) is 12.8 Å². The van der Waals surface area contributed by atoms with Crippen molar-refractivity contribution < 1.29 is 0 Å². The van der Waals surface area contributed by atoms with E-state index in [2.05, 4.69) is 41.1 Å². The van der Waals surface area contributed by atoms with Gasteiger partial charge in [0.15, 0.2) is 0 Å². The highest BCUT2D eigenvalue weighted by Gasteiger charge is 2.47. The molecule has 0 saturated heterocycles. The van der Waals surface area contributed by atoms with Crippen molar-refractivity contribution in [1.82, 2.24) is 0 Å². The summed E-state index contributed by atoms with van der Waals surface area (Å²) in [4.78, 5) is 0. The van der Waals surface area contributed by atoms with Gasteiger partial charge in [0.05, 0.1) is 0 Å². The molecule has 13 heavy (non-hydrogen) atoms. The molecule has 2 atom stereocenters. The van der Waals surface area contributed by atoms with Gasteiger partial charge < -0.3 is 5.73 Å². The molecule has 0 aliphatic heterocycles. The van der Waals surface area contributed by atoms with Crippen LogP contribution in [0.4, 0.5) is 0 Å². The predicted octanol–water partition coefficient (Wildman–Crippen LogP) is 2.73. The van der Waals surface area contributed by atoms with Crippen molar-refractivity contribution in [2.24, 2.45) is 11.7 Å². The lowest BCUT2D eigenvalue weighted by Crippen LogP contribution is -2.27. The van der Waals surface area contributed by atoms with Crippen molar-refractivity contribution in [3.63, 3.8) is 0 Å². The smallest absolute Gasteiger partial charge is 0.0225 e. The van der Waals surface area contributed by atoms with Crippen molar-refractivity contribution in [1.29, 1.82) is 0 Å². The predicted molar refractivity (Wildman–Crippen MR) is 58.5 cm³/mol. The summed E-state index contributed by atoms with van der Waals surface area (Å²) in [7, 11) is 0. The molecule has 0 spiro atoms. The van der Waals surface area contributed by atoms with Gasteiger partial charge in [0.2, 0.25) is 0 Å². The highest BCUT2D eigenvalue weighted by atomic mass is 79.9. The summed E-state index contributed by atoms with van der Waals surface area (Å²) >= 11 is 3.54. The van der Waals surface area contributed by atoms with Crippen molar-refractivity contribution >= 4 is 15.9 Å². The quantitative estimate of drug-likeness (QED) is 0.845. The summed E-state index contributed by atoms with van der Waals surface area (Å²) in [6.45, 7) is 2.22. The van der Waals surface area contributed by atoms with E-state index < -0.39 is 0 Å². The number of hydrogen-bond acceptors (Lipinski definition) is 1. The van der Waals surface area contributed by atoms with Crippen LogP contribution in [0.3, 0.4) is 0 Å². The Hall–Kier alpha value is -0.340. The fourth-order valence-electron chi connectivity index (χ4n) is 1.75. The number of benzene rings is 1. The van der Waals surface area contributed by atoms with Crippen LogP contribution < -0.4 is 5.73 Å². The number of halogens is 1. The van der Waals surface area contributed by atoms with E-state index >= 15 is 0 Å². The first-order chi connectivity index (χ1) is 6.12. The maximum Gasteiger partial charge on any atom is 0.0225 e. The lowest BCUT2D eigenvalue weighted by molar-refractivity contribution is 0.613. The third kappa shape index (κ3) is 1.79. The fraction of sp³-hybridized carbons (Fsp3) is 0.455. The molecule has 0 aromatic heterocycles. The van der Waals surface area contributed by atoms with Crippen LogP contribution in [-0.2, 0) is 6.42 Å². The largest absolute Gasteiger partial charge is 0.325 e. The van der Waals surface area contributed by atoms with Crippen LogP contribution in [0.1, 0.15) is 18.9 Å². The molecule has 2 heteroatoms. The van der Waals surface area contributed by atoms with Gasteiger partial charge in [-0.3, -0.25) is 0 Å². The van der Waals surface area contributed by atoms with Crippen LogP contribution in [0.2, 0.25) is 0 Å². The average Bonchev–Trinajstić information content (AvgIpc) is 2.65. The van der Waals surface area contributed by atoms with Gasteiger partial charge in [0.1, 0.15) is 0 Å². The molecular formula is C11H14BrN. The molecule has 2 rings (SSSR count). The van der Waals surface area contributed by atoms with E-state index in [9.17, 15) is 0 Å². The maximum absolute atomic E-state index is 6.17. The van der Waals surface area contributed by atoms with Gasteiger partial charge in [-0.15, -0.1) is 0 Å². The first-order valence-corrected chi connectivity index (χ1v) is 5.43. The minimum atomic E-state index is 0.0733. The molecule has 2 unspecified atom stereocenters. The summed E-state index contributed by atoms with van der Waals surface area (Å²) < 4.78 is 1.18. The molecule has 0 heterocycles. The highest BCUT2D eigenvalue weighted by Crippen LogP contribution is 2.43. The van der Waals surface area contributed by atoms with Gasteiger partial charge in [0, 0.05) is 10.0 Å². The molecule has 0 bridgehead atoms. The molecular weight excluding hydrogens is 226 g/mol. The Balaban J connectivity index is 2.15. The molecule has 1 nitrogen and oxygen atoms in total. The minimum Gasteiger partial charge on any atom is -0.325 e. The third-order valence-electron chi connectivity index (χ3n) is 2.98. The molecule has 1 fully saturated rings. The number of nitrogens with two attached hydrogens (primary N) is 1. The van der Waals surface area contributed by atoms with Gasteiger partial charge in [-0.25, -0.2) is 0 Å². The fourth-order valence-corrected chi connectivity index (χ4v) is 2.18. The van der Waals surface area contributed by atoms with E-state index in [0.29, 0.717) is 5.92 Å². The van der Waals surface area contributed by atoms with E-state index in [4.69, 9.17) is 5.73 Å². The average molecular weight is 240 g/mol. The summed E-state index contributed by atoms with van der Waals surface area (Å²) in [5, 5.41) is 0. The molecule has 1 aliphatic rings. The summed E-state index contributed by atoms with van der Waals surface area (Å²) in [6.07, 6.45) is 2.16. The first-order valence-electron chi connectivity index (χ1n) is 4.64. The van der Waals surface area contributed by atoms with Gasteiger partial charge >= 0.3 is 0 Å². The van der Waals surface area contributed by atoms with E-state index in [-0.39, 0.29) is 5.54 Å². The molecule has 1 aromatic carbocycles. The molecule has 70 valence electrons. The van der Waals surface area contributed by atoms with Crippen LogP contribution >= 0.6 is 15.9 Å². The Bertz CT molecular complexity index is 324. The first kappa shape index (κ1) is 9.22. The normalized spacial score (nSPS) is 31.8. The Morgan fingerprint density at radius 2 is 2.15 bits per heavy atom. The lowest BCUT2D eigenvalue weighted by atomic mass is 10.0. The molecule has 0 radical (unpaired) electrons. The van der Waals surface area contributed by atoms with Gasteiger partial charge in [0.25, 0.3) is 0 Å². The lowest BCUT2D eigenvalue weighted by Gasteiger charge is -2.11. The van der Waals surface area contributed by atoms with E-state index in [1.807, 2.05) is 6.07 Å². The summed E-state index contributed by atoms with van der Waals surface area (Å²) in [6, 6.07) is 8.32. The second-order valence-electron chi connectivity index (χ2n) is 4.11. The zero-order valence-electron chi connectivity index (χ0n) is 7.76. The molecule has 1 aromatic rings. The topological polar surface area (TPSA) is 26.0 Å². The number of hydrogen-bond donors (Lipinski definition) is 1.